The Balaban J connectivity index is 1.78. The van der Waals surface area contributed by atoms with E-state index in [1.807, 2.05) is 37.8 Å². The van der Waals surface area contributed by atoms with Crippen molar-refractivity contribution in [2.24, 2.45) is 7.05 Å². The third kappa shape index (κ3) is 2.18. The molecule has 4 nitrogen and oxygen atoms in total. The molecule has 2 aromatic heterocycles. The molecule has 0 unspecified atom stereocenters. The van der Waals surface area contributed by atoms with Crippen molar-refractivity contribution in [1.29, 1.82) is 0 Å². The molecule has 2 heterocycles. The number of aromatic nitrogens is 3. The molecule has 0 aliphatic heterocycles. The van der Waals surface area contributed by atoms with Gasteiger partial charge in [0, 0.05) is 43.6 Å². The summed E-state index contributed by atoms with van der Waals surface area (Å²) < 4.78 is 1.79. The van der Waals surface area contributed by atoms with Crippen molar-refractivity contribution in [1.82, 2.24) is 14.8 Å². The van der Waals surface area contributed by atoms with Gasteiger partial charge < -0.3 is 5.32 Å². The summed E-state index contributed by atoms with van der Waals surface area (Å²) in [6.45, 7) is 0.773. The number of nitrogens with one attached hydrogen (secondary N) is 1. The number of aryl methyl sites for hydroxylation is 1. The molecular formula is C14H14N4. The van der Waals surface area contributed by atoms with Crippen LogP contribution >= 0.6 is 0 Å². The number of rotatable bonds is 3. The van der Waals surface area contributed by atoms with Crippen LogP contribution in [0.15, 0.2) is 48.9 Å². The summed E-state index contributed by atoms with van der Waals surface area (Å²) in [5, 5.41) is 9.96. The molecule has 3 aromatic rings. The molecule has 0 fully saturated rings. The average molecular weight is 238 g/mol. The zero-order valence-electron chi connectivity index (χ0n) is 10.2. The number of fused-ring (bicyclic) bond motifs is 1. The van der Waals surface area contributed by atoms with Gasteiger partial charge in [0.25, 0.3) is 0 Å². The summed E-state index contributed by atoms with van der Waals surface area (Å²) in [5.41, 5.74) is 1.24. The Kier molecular flexibility index (Phi) is 2.68. The van der Waals surface area contributed by atoms with E-state index in [0.717, 1.165) is 12.4 Å². The van der Waals surface area contributed by atoms with E-state index >= 15 is 0 Å². The van der Waals surface area contributed by atoms with Crippen molar-refractivity contribution in [2.45, 2.75) is 6.54 Å². The summed E-state index contributed by atoms with van der Waals surface area (Å²) in [6.07, 6.45) is 5.62. The molecule has 3 rings (SSSR count). The molecule has 1 aromatic carbocycles. The molecule has 0 atom stereocenters. The van der Waals surface area contributed by atoms with Crippen LogP contribution < -0.4 is 5.32 Å². The fourth-order valence-corrected chi connectivity index (χ4v) is 1.94. The fourth-order valence-electron chi connectivity index (χ4n) is 1.94. The molecule has 0 saturated carbocycles. The molecule has 0 amide bonds. The van der Waals surface area contributed by atoms with Crippen LogP contribution in [0.1, 0.15) is 5.56 Å². The predicted octanol–water partition coefficient (Wildman–Crippen LogP) is 2.58. The Morgan fingerprint density at radius 3 is 2.94 bits per heavy atom. The van der Waals surface area contributed by atoms with Crippen molar-refractivity contribution in [3.8, 4) is 0 Å². The largest absolute Gasteiger partial charge is 0.365 e. The number of anilines is 1. The molecule has 0 aliphatic rings. The van der Waals surface area contributed by atoms with E-state index in [0.29, 0.717) is 0 Å². The molecule has 0 aliphatic carbocycles. The number of nitrogens with zero attached hydrogens (tertiary/aromatic N) is 3. The van der Waals surface area contributed by atoms with E-state index in [1.165, 1.54) is 16.3 Å². The van der Waals surface area contributed by atoms with Crippen molar-refractivity contribution < 1.29 is 0 Å². The minimum Gasteiger partial charge on any atom is -0.365 e. The SMILES string of the molecule is Cn1ccc(NCc2ccc3cnccc3c2)n1. The lowest BCUT2D eigenvalue weighted by Crippen LogP contribution is -2.00. The van der Waals surface area contributed by atoms with Crippen LogP contribution in [-0.2, 0) is 13.6 Å². The van der Waals surface area contributed by atoms with Crippen LogP contribution in [-0.4, -0.2) is 14.8 Å². The summed E-state index contributed by atoms with van der Waals surface area (Å²) in [5.74, 6) is 0.896. The van der Waals surface area contributed by atoms with E-state index in [4.69, 9.17) is 0 Å². The van der Waals surface area contributed by atoms with Crippen molar-refractivity contribution in [3.05, 3.63) is 54.5 Å². The third-order valence-electron chi connectivity index (χ3n) is 2.89. The second-order valence-electron chi connectivity index (χ2n) is 4.29. The zero-order chi connectivity index (χ0) is 12.4. The number of pyridine rings is 1. The molecule has 0 radical (unpaired) electrons. The highest BCUT2D eigenvalue weighted by Gasteiger charge is 1.98. The van der Waals surface area contributed by atoms with E-state index in [2.05, 4.69) is 33.6 Å². The minimum atomic E-state index is 0.773. The monoisotopic (exact) mass is 238 g/mol. The van der Waals surface area contributed by atoms with Crippen LogP contribution in [0.4, 0.5) is 5.82 Å². The lowest BCUT2D eigenvalue weighted by molar-refractivity contribution is 0.768. The summed E-state index contributed by atoms with van der Waals surface area (Å²) in [7, 11) is 1.91. The first-order chi connectivity index (χ1) is 8.81. The standard InChI is InChI=1S/C14H14N4/c1-18-7-5-14(17-18)16-9-11-2-3-13-10-15-6-4-12(13)8-11/h2-8,10H,9H2,1H3,(H,16,17). The first-order valence-corrected chi connectivity index (χ1v) is 5.87. The lowest BCUT2D eigenvalue weighted by Gasteiger charge is -2.04. The van der Waals surface area contributed by atoms with Crippen LogP contribution in [0.25, 0.3) is 10.8 Å². The lowest BCUT2D eigenvalue weighted by atomic mass is 10.1. The van der Waals surface area contributed by atoms with Gasteiger partial charge in [-0.15, -0.1) is 0 Å². The maximum absolute atomic E-state index is 4.28. The number of hydrogen-bond donors (Lipinski definition) is 1. The fraction of sp³-hybridized carbons (Fsp3) is 0.143. The van der Waals surface area contributed by atoms with Crippen LogP contribution in [0.3, 0.4) is 0 Å². The third-order valence-corrected chi connectivity index (χ3v) is 2.89. The average Bonchev–Trinajstić information content (AvgIpc) is 2.82. The quantitative estimate of drug-likeness (QED) is 0.762. The first kappa shape index (κ1) is 10.8. The Labute approximate surface area is 105 Å². The van der Waals surface area contributed by atoms with Gasteiger partial charge in [0.05, 0.1) is 0 Å². The van der Waals surface area contributed by atoms with Crippen molar-refractivity contribution >= 4 is 16.6 Å². The summed E-state index contributed by atoms with van der Waals surface area (Å²) in [4.78, 5) is 4.11. The van der Waals surface area contributed by atoms with Gasteiger partial charge in [-0.2, -0.15) is 5.10 Å². The molecule has 1 N–H and O–H groups in total. The second kappa shape index (κ2) is 4.49. The summed E-state index contributed by atoms with van der Waals surface area (Å²) in [6, 6.07) is 10.4. The summed E-state index contributed by atoms with van der Waals surface area (Å²) >= 11 is 0. The van der Waals surface area contributed by atoms with E-state index < -0.39 is 0 Å². The number of hydrogen-bond acceptors (Lipinski definition) is 3. The zero-order valence-corrected chi connectivity index (χ0v) is 10.2. The maximum atomic E-state index is 4.28. The van der Waals surface area contributed by atoms with E-state index in [9.17, 15) is 0 Å². The molecule has 18 heavy (non-hydrogen) atoms. The van der Waals surface area contributed by atoms with Gasteiger partial charge in [-0.1, -0.05) is 12.1 Å². The molecule has 0 spiro atoms. The smallest absolute Gasteiger partial charge is 0.148 e. The van der Waals surface area contributed by atoms with Crippen LogP contribution in [0, 0.1) is 0 Å². The Morgan fingerprint density at radius 1 is 1.17 bits per heavy atom. The second-order valence-corrected chi connectivity index (χ2v) is 4.29. The van der Waals surface area contributed by atoms with Gasteiger partial charge in [-0.25, -0.2) is 0 Å². The molecule has 90 valence electrons. The van der Waals surface area contributed by atoms with Gasteiger partial charge in [0.1, 0.15) is 5.82 Å². The highest BCUT2D eigenvalue weighted by Crippen LogP contribution is 2.15. The minimum absolute atomic E-state index is 0.773. The van der Waals surface area contributed by atoms with E-state index in [-0.39, 0.29) is 0 Å². The molecular weight excluding hydrogens is 224 g/mol. The highest BCUT2D eigenvalue weighted by atomic mass is 15.3. The first-order valence-electron chi connectivity index (χ1n) is 5.87. The normalized spacial score (nSPS) is 10.7. The number of benzene rings is 1. The maximum Gasteiger partial charge on any atom is 0.148 e. The molecule has 0 saturated heterocycles. The van der Waals surface area contributed by atoms with Crippen molar-refractivity contribution in [2.75, 3.05) is 5.32 Å². The van der Waals surface area contributed by atoms with Crippen LogP contribution in [0.5, 0.6) is 0 Å². The van der Waals surface area contributed by atoms with E-state index in [1.54, 1.807) is 4.68 Å². The highest BCUT2D eigenvalue weighted by molar-refractivity contribution is 5.82. The Hall–Kier alpha value is -2.36. The predicted molar refractivity (Wildman–Crippen MR) is 72.3 cm³/mol. The molecule has 0 bridgehead atoms. The van der Waals surface area contributed by atoms with Crippen LogP contribution in [0.2, 0.25) is 0 Å². The molecule has 4 heteroatoms. The Morgan fingerprint density at radius 2 is 2.11 bits per heavy atom. The topological polar surface area (TPSA) is 42.7 Å². The van der Waals surface area contributed by atoms with Gasteiger partial charge >= 0.3 is 0 Å². The van der Waals surface area contributed by atoms with Gasteiger partial charge in [0.15, 0.2) is 0 Å². The Bertz CT molecular complexity index is 672. The van der Waals surface area contributed by atoms with Gasteiger partial charge in [0.2, 0.25) is 0 Å². The van der Waals surface area contributed by atoms with Gasteiger partial charge in [-0.05, 0) is 23.1 Å². The van der Waals surface area contributed by atoms with Gasteiger partial charge in [-0.3, -0.25) is 9.67 Å². The van der Waals surface area contributed by atoms with Crippen molar-refractivity contribution in [3.63, 3.8) is 0 Å².